The molecule has 112 valence electrons. The molecule has 0 fully saturated rings. The van der Waals surface area contributed by atoms with E-state index >= 15 is 0 Å². The molecule has 2 aromatic carbocycles. The van der Waals surface area contributed by atoms with Crippen LogP contribution in [0.5, 0.6) is 0 Å². The third-order valence-electron chi connectivity index (χ3n) is 3.16. The summed E-state index contributed by atoms with van der Waals surface area (Å²) in [7, 11) is 0. The Morgan fingerprint density at radius 3 is 2.78 bits per heavy atom. The lowest BCUT2D eigenvalue weighted by molar-refractivity contribution is 0.0465. The van der Waals surface area contributed by atoms with Gasteiger partial charge in [0.05, 0.1) is 11.6 Å². The summed E-state index contributed by atoms with van der Waals surface area (Å²) in [5.74, 6) is -0.283. The van der Waals surface area contributed by atoms with Crippen molar-refractivity contribution in [3.8, 4) is 17.5 Å². The molecule has 0 aliphatic heterocycles. The Hall–Kier alpha value is -3.39. The standard InChI is InChI=1S/C18H12N2O3/c19-10-14-7-4-8-15(9-14)17-20-16(12-22-17)18(21)23-11-13-5-2-1-3-6-13/h1-9,12H,11H2. The average molecular weight is 304 g/mol. The molecule has 0 N–H and O–H groups in total. The van der Waals surface area contributed by atoms with Gasteiger partial charge in [0.15, 0.2) is 5.69 Å². The monoisotopic (exact) mass is 304 g/mol. The molecule has 0 atom stereocenters. The van der Waals surface area contributed by atoms with Gasteiger partial charge < -0.3 is 9.15 Å². The summed E-state index contributed by atoms with van der Waals surface area (Å²) in [4.78, 5) is 16.1. The van der Waals surface area contributed by atoms with Gasteiger partial charge in [-0.15, -0.1) is 0 Å². The molecular formula is C18H12N2O3. The normalized spacial score (nSPS) is 10.0. The molecule has 3 rings (SSSR count). The fourth-order valence-corrected chi connectivity index (χ4v) is 2.02. The number of oxazole rings is 1. The smallest absolute Gasteiger partial charge is 0.360 e. The number of hydrogen-bond acceptors (Lipinski definition) is 5. The van der Waals surface area contributed by atoms with E-state index in [1.54, 1.807) is 24.3 Å². The molecule has 3 aromatic rings. The third-order valence-corrected chi connectivity index (χ3v) is 3.16. The van der Waals surface area contributed by atoms with Gasteiger partial charge in [0.25, 0.3) is 0 Å². The fourth-order valence-electron chi connectivity index (χ4n) is 2.02. The maximum absolute atomic E-state index is 12.0. The zero-order valence-electron chi connectivity index (χ0n) is 12.1. The molecule has 0 saturated carbocycles. The van der Waals surface area contributed by atoms with Crippen molar-refractivity contribution in [2.45, 2.75) is 6.61 Å². The number of nitriles is 1. The van der Waals surface area contributed by atoms with Gasteiger partial charge in [0.2, 0.25) is 5.89 Å². The van der Waals surface area contributed by atoms with E-state index in [1.807, 2.05) is 36.4 Å². The molecule has 1 heterocycles. The number of esters is 1. The van der Waals surface area contributed by atoms with Crippen molar-refractivity contribution in [2.75, 3.05) is 0 Å². The minimum atomic E-state index is -0.555. The van der Waals surface area contributed by atoms with Crippen molar-refractivity contribution >= 4 is 5.97 Å². The van der Waals surface area contributed by atoms with Crippen molar-refractivity contribution in [3.05, 3.63) is 77.7 Å². The van der Waals surface area contributed by atoms with Gasteiger partial charge >= 0.3 is 5.97 Å². The molecule has 23 heavy (non-hydrogen) atoms. The molecule has 0 unspecified atom stereocenters. The lowest BCUT2D eigenvalue weighted by atomic mass is 10.1. The summed E-state index contributed by atoms with van der Waals surface area (Å²) in [5, 5.41) is 8.91. The molecule has 0 spiro atoms. The van der Waals surface area contributed by atoms with E-state index in [0.29, 0.717) is 11.1 Å². The van der Waals surface area contributed by atoms with Gasteiger partial charge in [0.1, 0.15) is 12.9 Å². The van der Waals surface area contributed by atoms with Gasteiger partial charge in [-0.2, -0.15) is 5.26 Å². The van der Waals surface area contributed by atoms with Crippen LogP contribution in [0.2, 0.25) is 0 Å². The second kappa shape index (κ2) is 6.58. The number of benzene rings is 2. The molecule has 0 aliphatic carbocycles. The molecule has 0 bridgehead atoms. The van der Waals surface area contributed by atoms with Gasteiger partial charge in [0, 0.05) is 5.56 Å². The molecule has 0 radical (unpaired) electrons. The second-order valence-corrected chi connectivity index (χ2v) is 4.79. The molecule has 0 saturated heterocycles. The summed E-state index contributed by atoms with van der Waals surface area (Å²) >= 11 is 0. The van der Waals surface area contributed by atoms with Crippen molar-refractivity contribution < 1.29 is 13.9 Å². The highest BCUT2D eigenvalue weighted by Crippen LogP contribution is 2.20. The Balaban J connectivity index is 1.71. The Morgan fingerprint density at radius 1 is 1.17 bits per heavy atom. The number of rotatable bonds is 4. The minimum absolute atomic E-state index is 0.0956. The molecule has 5 heteroatoms. The van der Waals surface area contributed by atoms with Crippen LogP contribution in [0.15, 0.2) is 65.3 Å². The molecular weight excluding hydrogens is 292 g/mol. The highest BCUT2D eigenvalue weighted by molar-refractivity contribution is 5.87. The number of hydrogen-bond donors (Lipinski definition) is 0. The molecule has 5 nitrogen and oxygen atoms in total. The Bertz CT molecular complexity index is 863. The van der Waals surface area contributed by atoms with E-state index in [1.165, 1.54) is 6.26 Å². The van der Waals surface area contributed by atoms with E-state index < -0.39 is 5.97 Å². The second-order valence-electron chi connectivity index (χ2n) is 4.79. The lowest BCUT2D eigenvalue weighted by Crippen LogP contribution is -2.05. The first kappa shape index (κ1) is 14.5. The number of carbonyl (C=O) groups excluding carboxylic acids is 1. The van der Waals surface area contributed by atoms with Crippen molar-refractivity contribution in [3.63, 3.8) is 0 Å². The van der Waals surface area contributed by atoms with Crippen LogP contribution in [-0.4, -0.2) is 11.0 Å². The number of aromatic nitrogens is 1. The van der Waals surface area contributed by atoms with Crippen molar-refractivity contribution in [1.82, 2.24) is 4.98 Å². The van der Waals surface area contributed by atoms with Crippen LogP contribution >= 0.6 is 0 Å². The average Bonchev–Trinajstić information content (AvgIpc) is 3.11. The molecule has 0 amide bonds. The zero-order valence-corrected chi connectivity index (χ0v) is 12.1. The Kier molecular flexibility index (Phi) is 4.16. The van der Waals surface area contributed by atoms with Crippen LogP contribution in [0.1, 0.15) is 21.6 Å². The minimum Gasteiger partial charge on any atom is -0.456 e. The van der Waals surface area contributed by atoms with Crippen LogP contribution in [0.4, 0.5) is 0 Å². The van der Waals surface area contributed by atoms with E-state index in [4.69, 9.17) is 14.4 Å². The van der Waals surface area contributed by atoms with Gasteiger partial charge in [-0.3, -0.25) is 0 Å². The predicted molar refractivity (Wildman–Crippen MR) is 82.2 cm³/mol. The van der Waals surface area contributed by atoms with Crippen LogP contribution in [-0.2, 0) is 11.3 Å². The van der Waals surface area contributed by atoms with Crippen molar-refractivity contribution in [2.24, 2.45) is 0 Å². The van der Waals surface area contributed by atoms with E-state index in [2.05, 4.69) is 4.98 Å². The van der Waals surface area contributed by atoms with Crippen LogP contribution in [0.3, 0.4) is 0 Å². The Morgan fingerprint density at radius 2 is 2.00 bits per heavy atom. The summed E-state index contributed by atoms with van der Waals surface area (Å²) in [6, 6.07) is 18.2. The largest absolute Gasteiger partial charge is 0.456 e. The van der Waals surface area contributed by atoms with Gasteiger partial charge in [-0.1, -0.05) is 36.4 Å². The van der Waals surface area contributed by atoms with Crippen molar-refractivity contribution in [1.29, 1.82) is 5.26 Å². The first-order chi connectivity index (χ1) is 11.3. The topological polar surface area (TPSA) is 76.1 Å². The van der Waals surface area contributed by atoms with E-state index in [0.717, 1.165) is 5.56 Å². The summed E-state index contributed by atoms with van der Waals surface area (Å²) in [6.07, 6.45) is 1.25. The number of nitrogens with zero attached hydrogens (tertiary/aromatic N) is 2. The van der Waals surface area contributed by atoms with Gasteiger partial charge in [-0.25, -0.2) is 9.78 Å². The summed E-state index contributed by atoms with van der Waals surface area (Å²) in [6.45, 7) is 0.172. The lowest BCUT2D eigenvalue weighted by Gasteiger charge is -2.02. The first-order valence-electron chi connectivity index (χ1n) is 6.93. The predicted octanol–water partition coefficient (Wildman–Crippen LogP) is 3.57. The van der Waals surface area contributed by atoms with Crippen LogP contribution in [0, 0.1) is 11.3 Å². The quantitative estimate of drug-likeness (QED) is 0.689. The Labute approximate surface area is 132 Å². The fraction of sp³-hybridized carbons (Fsp3) is 0.0556. The summed E-state index contributed by atoms with van der Waals surface area (Å²) < 4.78 is 10.5. The SMILES string of the molecule is N#Cc1cccc(-c2nc(C(=O)OCc3ccccc3)co2)c1. The molecule has 1 aromatic heterocycles. The maximum Gasteiger partial charge on any atom is 0.360 e. The van der Waals surface area contributed by atoms with Crippen LogP contribution in [0.25, 0.3) is 11.5 Å². The third kappa shape index (κ3) is 3.44. The number of carbonyl (C=O) groups is 1. The highest BCUT2D eigenvalue weighted by Gasteiger charge is 2.15. The molecule has 0 aliphatic rings. The highest BCUT2D eigenvalue weighted by atomic mass is 16.5. The van der Waals surface area contributed by atoms with Crippen LogP contribution < -0.4 is 0 Å². The van der Waals surface area contributed by atoms with E-state index in [9.17, 15) is 4.79 Å². The van der Waals surface area contributed by atoms with Gasteiger partial charge in [-0.05, 0) is 23.8 Å². The number of ether oxygens (including phenoxy) is 1. The van der Waals surface area contributed by atoms with E-state index in [-0.39, 0.29) is 18.2 Å². The maximum atomic E-state index is 12.0. The summed E-state index contributed by atoms with van der Waals surface area (Å²) in [5.41, 5.74) is 2.12. The zero-order chi connectivity index (χ0) is 16.1. The first-order valence-corrected chi connectivity index (χ1v) is 6.93.